The van der Waals surface area contributed by atoms with E-state index in [1.165, 1.54) is 7.11 Å². The van der Waals surface area contributed by atoms with Gasteiger partial charge in [0.05, 0.1) is 7.11 Å². The van der Waals surface area contributed by atoms with Gasteiger partial charge in [-0.15, -0.1) is 0 Å². The SMILES string of the molecule is COC(=O)[C@H](Cc1c[nH]c2ccccc12)NC(=O)[C@H](C)NC(=O)c1ccccc1. The van der Waals surface area contributed by atoms with Gasteiger partial charge in [-0.25, -0.2) is 4.79 Å². The summed E-state index contributed by atoms with van der Waals surface area (Å²) in [5, 5.41) is 6.30. The molecule has 0 aliphatic carbocycles. The molecule has 0 aliphatic heterocycles. The first-order chi connectivity index (χ1) is 14.0. The van der Waals surface area contributed by atoms with Gasteiger partial charge in [-0.3, -0.25) is 9.59 Å². The van der Waals surface area contributed by atoms with Gasteiger partial charge in [0, 0.05) is 29.1 Å². The maximum absolute atomic E-state index is 12.6. The van der Waals surface area contributed by atoms with Crippen LogP contribution < -0.4 is 10.6 Å². The first-order valence-electron chi connectivity index (χ1n) is 9.28. The predicted octanol–water partition coefficient (Wildman–Crippen LogP) is 2.19. The molecular weight excluding hydrogens is 370 g/mol. The number of hydrogen-bond acceptors (Lipinski definition) is 4. The Hall–Kier alpha value is -3.61. The number of carbonyl (C=O) groups is 3. The minimum absolute atomic E-state index is 0.266. The van der Waals surface area contributed by atoms with Crippen LogP contribution in [0.4, 0.5) is 0 Å². The van der Waals surface area contributed by atoms with Gasteiger partial charge in [0.1, 0.15) is 12.1 Å². The third-order valence-electron chi connectivity index (χ3n) is 4.68. The zero-order valence-electron chi connectivity index (χ0n) is 16.3. The molecule has 3 N–H and O–H groups in total. The fraction of sp³-hybridized carbons (Fsp3) is 0.227. The Bertz CT molecular complexity index is 1010. The highest BCUT2D eigenvalue weighted by molar-refractivity contribution is 5.98. The zero-order valence-corrected chi connectivity index (χ0v) is 16.3. The predicted molar refractivity (Wildman–Crippen MR) is 109 cm³/mol. The van der Waals surface area contributed by atoms with Gasteiger partial charge in [-0.05, 0) is 30.7 Å². The third kappa shape index (κ3) is 4.82. The average molecular weight is 393 g/mol. The second kappa shape index (κ2) is 9.05. The lowest BCUT2D eigenvalue weighted by Gasteiger charge is -2.20. The van der Waals surface area contributed by atoms with Crippen molar-refractivity contribution in [1.29, 1.82) is 0 Å². The number of methoxy groups -OCH3 is 1. The molecule has 0 saturated carbocycles. The second-order valence-electron chi connectivity index (χ2n) is 6.71. The van der Waals surface area contributed by atoms with Crippen LogP contribution in [-0.4, -0.2) is 42.0 Å². The fourth-order valence-corrected chi connectivity index (χ4v) is 3.09. The molecule has 29 heavy (non-hydrogen) atoms. The molecule has 2 atom stereocenters. The Kier molecular flexibility index (Phi) is 6.29. The minimum Gasteiger partial charge on any atom is -0.467 e. The van der Waals surface area contributed by atoms with E-state index in [0.717, 1.165) is 16.5 Å². The van der Waals surface area contributed by atoms with Gasteiger partial charge >= 0.3 is 5.97 Å². The Morgan fingerprint density at radius 1 is 1.00 bits per heavy atom. The Morgan fingerprint density at radius 2 is 1.69 bits per heavy atom. The van der Waals surface area contributed by atoms with Crippen LogP contribution in [0.15, 0.2) is 60.8 Å². The highest BCUT2D eigenvalue weighted by Crippen LogP contribution is 2.19. The number of nitrogens with one attached hydrogen (secondary N) is 3. The summed E-state index contributed by atoms with van der Waals surface area (Å²) in [5.74, 6) is -1.38. The van der Waals surface area contributed by atoms with E-state index in [-0.39, 0.29) is 12.3 Å². The Morgan fingerprint density at radius 3 is 2.41 bits per heavy atom. The minimum atomic E-state index is -0.872. The lowest BCUT2D eigenvalue weighted by molar-refractivity contribution is -0.145. The van der Waals surface area contributed by atoms with E-state index in [1.54, 1.807) is 37.3 Å². The molecule has 2 amide bonds. The number of fused-ring (bicyclic) bond motifs is 1. The molecule has 0 bridgehead atoms. The zero-order chi connectivity index (χ0) is 20.8. The molecule has 0 saturated heterocycles. The summed E-state index contributed by atoms with van der Waals surface area (Å²) in [6, 6.07) is 14.6. The Balaban J connectivity index is 1.68. The van der Waals surface area contributed by atoms with Crippen molar-refractivity contribution in [2.75, 3.05) is 7.11 Å². The van der Waals surface area contributed by atoms with Crippen molar-refractivity contribution in [3.05, 3.63) is 71.9 Å². The van der Waals surface area contributed by atoms with Gasteiger partial charge in [0.25, 0.3) is 5.91 Å². The Labute approximate surface area is 168 Å². The molecule has 2 aromatic carbocycles. The van der Waals surface area contributed by atoms with Crippen LogP contribution >= 0.6 is 0 Å². The monoisotopic (exact) mass is 393 g/mol. The molecule has 150 valence electrons. The van der Waals surface area contributed by atoms with E-state index in [4.69, 9.17) is 4.74 Å². The van der Waals surface area contributed by atoms with E-state index in [1.807, 2.05) is 30.5 Å². The molecule has 7 nitrogen and oxygen atoms in total. The van der Waals surface area contributed by atoms with E-state index in [2.05, 4.69) is 15.6 Å². The number of aromatic amines is 1. The number of H-pyrrole nitrogens is 1. The van der Waals surface area contributed by atoms with E-state index >= 15 is 0 Å². The van der Waals surface area contributed by atoms with Crippen LogP contribution in [0.5, 0.6) is 0 Å². The number of amides is 2. The smallest absolute Gasteiger partial charge is 0.328 e. The summed E-state index contributed by atoms with van der Waals surface area (Å²) in [7, 11) is 1.28. The molecule has 1 aromatic heterocycles. The topological polar surface area (TPSA) is 100 Å². The van der Waals surface area contributed by atoms with Crippen molar-refractivity contribution in [3.63, 3.8) is 0 Å². The lowest BCUT2D eigenvalue weighted by atomic mass is 10.0. The van der Waals surface area contributed by atoms with E-state index in [9.17, 15) is 14.4 Å². The van der Waals surface area contributed by atoms with Gasteiger partial charge in [0.15, 0.2) is 0 Å². The maximum atomic E-state index is 12.6. The van der Waals surface area contributed by atoms with Crippen molar-refractivity contribution >= 4 is 28.7 Å². The average Bonchev–Trinajstić information content (AvgIpc) is 3.16. The molecule has 0 aliphatic rings. The van der Waals surface area contributed by atoms with Crippen LogP contribution in [0, 0.1) is 0 Å². The molecule has 0 spiro atoms. The van der Waals surface area contributed by atoms with Crippen LogP contribution in [0.2, 0.25) is 0 Å². The number of esters is 1. The second-order valence-corrected chi connectivity index (χ2v) is 6.71. The van der Waals surface area contributed by atoms with E-state index in [0.29, 0.717) is 5.56 Å². The van der Waals surface area contributed by atoms with Crippen molar-refractivity contribution in [3.8, 4) is 0 Å². The molecular formula is C22H23N3O4. The van der Waals surface area contributed by atoms with Crippen LogP contribution in [0.1, 0.15) is 22.8 Å². The lowest BCUT2D eigenvalue weighted by Crippen LogP contribution is -2.51. The van der Waals surface area contributed by atoms with Crippen LogP contribution in [0.25, 0.3) is 10.9 Å². The molecule has 0 fully saturated rings. The number of para-hydroxylation sites is 1. The molecule has 0 unspecified atom stereocenters. The first-order valence-corrected chi connectivity index (χ1v) is 9.28. The number of ether oxygens (including phenoxy) is 1. The molecule has 0 radical (unpaired) electrons. The van der Waals surface area contributed by atoms with Gasteiger partial charge in [-0.2, -0.15) is 0 Å². The first kappa shape index (κ1) is 20.1. The summed E-state index contributed by atoms with van der Waals surface area (Å²) >= 11 is 0. The van der Waals surface area contributed by atoms with Crippen molar-refractivity contribution in [1.82, 2.24) is 15.6 Å². The number of aromatic nitrogens is 1. The number of hydrogen-bond donors (Lipinski definition) is 3. The summed E-state index contributed by atoms with van der Waals surface area (Å²) in [5.41, 5.74) is 2.29. The van der Waals surface area contributed by atoms with Crippen molar-refractivity contribution < 1.29 is 19.1 Å². The summed E-state index contributed by atoms with van der Waals surface area (Å²) in [6.45, 7) is 1.57. The molecule has 3 aromatic rings. The molecule has 1 heterocycles. The summed E-state index contributed by atoms with van der Waals surface area (Å²) in [4.78, 5) is 40.2. The summed E-state index contributed by atoms with van der Waals surface area (Å²) in [6.07, 6.45) is 2.08. The quantitative estimate of drug-likeness (QED) is 0.536. The fourth-order valence-electron chi connectivity index (χ4n) is 3.09. The number of rotatable bonds is 7. The molecule has 7 heteroatoms. The standard InChI is InChI=1S/C22H23N3O4/c1-14(24-21(27)15-8-4-3-5-9-15)20(26)25-19(22(28)29-2)12-16-13-23-18-11-7-6-10-17(16)18/h3-11,13-14,19,23H,12H2,1-2H3,(H,24,27)(H,25,26)/t14-,19-/m0/s1. The normalized spacial score (nSPS) is 12.8. The maximum Gasteiger partial charge on any atom is 0.328 e. The molecule has 3 rings (SSSR count). The van der Waals surface area contributed by atoms with Crippen molar-refractivity contribution in [2.45, 2.75) is 25.4 Å². The largest absolute Gasteiger partial charge is 0.467 e. The van der Waals surface area contributed by atoms with Crippen LogP contribution in [0.3, 0.4) is 0 Å². The third-order valence-corrected chi connectivity index (χ3v) is 4.68. The number of benzene rings is 2. The van der Waals surface area contributed by atoms with Gasteiger partial charge in [-0.1, -0.05) is 36.4 Å². The van der Waals surface area contributed by atoms with Crippen LogP contribution in [-0.2, 0) is 20.7 Å². The highest BCUT2D eigenvalue weighted by atomic mass is 16.5. The summed E-state index contributed by atoms with van der Waals surface area (Å²) < 4.78 is 4.85. The van der Waals surface area contributed by atoms with E-state index < -0.39 is 24.0 Å². The number of carbonyl (C=O) groups excluding carboxylic acids is 3. The van der Waals surface area contributed by atoms with Gasteiger partial charge < -0.3 is 20.4 Å². The highest BCUT2D eigenvalue weighted by Gasteiger charge is 2.26. The van der Waals surface area contributed by atoms with Crippen molar-refractivity contribution in [2.24, 2.45) is 0 Å². The van der Waals surface area contributed by atoms with Gasteiger partial charge in [0.2, 0.25) is 5.91 Å².